The molecule has 37 heavy (non-hydrogen) atoms. The predicted molar refractivity (Wildman–Crippen MR) is 143 cm³/mol. The van der Waals surface area contributed by atoms with Crippen molar-refractivity contribution in [2.75, 3.05) is 13.2 Å². The Hall–Kier alpha value is -3.37. The van der Waals surface area contributed by atoms with Crippen LogP contribution < -0.4 is 0 Å². The minimum Gasteiger partial charge on any atom is -0.480 e. The molecule has 1 N–H and O–H groups in total. The Morgan fingerprint density at radius 1 is 0.973 bits per heavy atom. The van der Waals surface area contributed by atoms with Gasteiger partial charge in [-0.05, 0) is 60.7 Å². The lowest BCUT2D eigenvalue weighted by Crippen LogP contribution is -2.56. The number of benzene rings is 3. The fourth-order valence-corrected chi connectivity index (χ4v) is 4.13. The fourth-order valence-electron chi connectivity index (χ4n) is 3.84. The van der Waals surface area contributed by atoms with Crippen LogP contribution in [0.15, 0.2) is 84.9 Å². The van der Waals surface area contributed by atoms with Crippen molar-refractivity contribution < 1.29 is 19.4 Å². The topological polar surface area (TPSA) is 90.6 Å². The molecule has 0 bridgehead atoms. The molecule has 2 atom stereocenters. The molecule has 2 unspecified atom stereocenters. The first-order valence-electron chi connectivity index (χ1n) is 11.9. The number of morpholine rings is 1. The summed E-state index contributed by atoms with van der Waals surface area (Å²) in [5, 5.41) is 19.8. The van der Waals surface area contributed by atoms with Crippen LogP contribution in [0.2, 0.25) is 10.0 Å². The van der Waals surface area contributed by atoms with Crippen LogP contribution in [0, 0.1) is 17.2 Å². The van der Waals surface area contributed by atoms with Crippen LogP contribution in [0.5, 0.6) is 0 Å². The zero-order valence-corrected chi connectivity index (χ0v) is 21.7. The van der Waals surface area contributed by atoms with Gasteiger partial charge in [-0.3, -0.25) is 4.79 Å². The molecular weight excluding hydrogens is 511 g/mol. The number of carboxylic acid groups (broad SMARTS) is 1. The monoisotopic (exact) mass is 538 g/mol. The summed E-state index contributed by atoms with van der Waals surface area (Å²) in [5.74, 6) is -1.11. The van der Waals surface area contributed by atoms with E-state index in [-0.39, 0.29) is 11.8 Å². The minimum absolute atomic E-state index is 0.0742. The van der Waals surface area contributed by atoms with Crippen molar-refractivity contribution in [1.82, 2.24) is 4.90 Å². The van der Waals surface area contributed by atoms with Crippen LogP contribution in [0.3, 0.4) is 0 Å². The fraction of sp³-hybridized carbons (Fsp3) is 0.276. The third-order valence-corrected chi connectivity index (χ3v) is 6.34. The van der Waals surface area contributed by atoms with Crippen LogP contribution >= 0.6 is 23.2 Å². The first kappa shape index (κ1) is 28.2. The van der Waals surface area contributed by atoms with Crippen LogP contribution in [0.25, 0.3) is 0 Å². The van der Waals surface area contributed by atoms with E-state index >= 15 is 0 Å². The molecule has 1 aliphatic heterocycles. The highest BCUT2D eigenvalue weighted by molar-refractivity contribution is 6.30. The van der Waals surface area contributed by atoms with Gasteiger partial charge in [-0.25, -0.2) is 4.79 Å². The summed E-state index contributed by atoms with van der Waals surface area (Å²) < 4.78 is 5.56. The number of hydrogen-bond donors (Lipinski definition) is 1. The van der Waals surface area contributed by atoms with Crippen LogP contribution in [-0.4, -0.2) is 47.2 Å². The van der Waals surface area contributed by atoms with Gasteiger partial charge in [0.2, 0.25) is 0 Å². The Morgan fingerprint density at radius 3 is 1.92 bits per heavy atom. The number of carbonyl (C=O) groups excluding carboxylic acids is 1. The molecule has 3 aromatic carbocycles. The molecule has 1 heterocycles. The molecule has 6 nitrogen and oxygen atoms in total. The highest BCUT2D eigenvalue weighted by Crippen LogP contribution is 2.36. The second-order valence-corrected chi connectivity index (χ2v) is 9.49. The van der Waals surface area contributed by atoms with Crippen LogP contribution in [-0.2, 0) is 20.7 Å². The summed E-state index contributed by atoms with van der Waals surface area (Å²) in [7, 11) is 0. The van der Waals surface area contributed by atoms with E-state index in [4.69, 9.17) is 33.2 Å². The number of halogens is 2. The first-order valence-corrected chi connectivity index (χ1v) is 12.7. The molecule has 192 valence electrons. The third kappa shape index (κ3) is 9.22. The number of carboxylic acids is 1. The van der Waals surface area contributed by atoms with Crippen molar-refractivity contribution in [3.63, 3.8) is 0 Å². The number of ether oxygens (including phenoxy) is 1. The Labute approximate surface area is 227 Å². The van der Waals surface area contributed by atoms with E-state index < -0.39 is 18.1 Å². The van der Waals surface area contributed by atoms with Gasteiger partial charge in [0.15, 0.2) is 0 Å². The van der Waals surface area contributed by atoms with Crippen molar-refractivity contribution in [3.8, 4) is 6.07 Å². The number of amides is 1. The van der Waals surface area contributed by atoms with E-state index in [1.54, 1.807) is 24.3 Å². The Kier molecular flexibility index (Phi) is 11.0. The van der Waals surface area contributed by atoms with E-state index in [2.05, 4.69) is 0 Å². The zero-order valence-electron chi connectivity index (χ0n) is 20.2. The number of nitriles is 1. The summed E-state index contributed by atoms with van der Waals surface area (Å²) >= 11 is 11.1. The third-order valence-electron chi connectivity index (χ3n) is 5.84. The first-order chi connectivity index (χ1) is 17.9. The lowest BCUT2D eigenvalue weighted by atomic mass is 10.0. The second-order valence-electron chi connectivity index (χ2n) is 8.62. The standard InChI is InChI=1S/C17H18N2O4.2C6H5Cl/c18-10-12-3-1-11(2-4-12)9-14-16(20)19(7-8-23-14)15(17(21)22)13-5-6-13;2*7-6-4-2-1-3-5-6/h1-4,13-15H,5-9H2,(H,21,22);2*1-5H. The Morgan fingerprint density at radius 2 is 1.51 bits per heavy atom. The van der Waals surface area contributed by atoms with E-state index in [9.17, 15) is 14.7 Å². The van der Waals surface area contributed by atoms with Crippen molar-refractivity contribution in [1.29, 1.82) is 5.26 Å². The van der Waals surface area contributed by atoms with Crippen molar-refractivity contribution in [2.24, 2.45) is 5.92 Å². The molecule has 2 aliphatic rings. The van der Waals surface area contributed by atoms with Gasteiger partial charge < -0.3 is 14.7 Å². The Balaban J connectivity index is 0.000000220. The highest BCUT2D eigenvalue weighted by Gasteiger charge is 2.45. The summed E-state index contributed by atoms with van der Waals surface area (Å²) in [6.45, 7) is 0.680. The molecule has 2 fully saturated rings. The largest absolute Gasteiger partial charge is 0.480 e. The van der Waals surface area contributed by atoms with Crippen molar-refractivity contribution >= 4 is 35.1 Å². The van der Waals surface area contributed by atoms with Crippen molar-refractivity contribution in [2.45, 2.75) is 31.4 Å². The molecule has 1 saturated heterocycles. The number of rotatable bonds is 5. The molecule has 1 saturated carbocycles. The molecule has 8 heteroatoms. The smallest absolute Gasteiger partial charge is 0.326 e. The highest BCUT2D eigenvalue weighted by atomic mass is 35.5. The number of nitrogens with zero attached hydrogens (tertiary/aromatic N) is 2. The Bertz CT molecular complexity index is 1140. The maximum atomic E-state index is 12.6. The van der Waals surface area contributed by atoms with Gasteiger partial charge in [-0.2, -0.15) is 5.26 Å². The lowest BCUT2D eigenvalue weighted by molar-refractivity contribution is -0.165. The van der Waals surface area contributed by atoms with Gasteiger partial charge in [0.1, 0.15) is 12.1 Å². The second kappa shape index (κ2) is 14.4. The van der Waals surface area contributed by atoms with Crippen molar-refractivity contribution in [3.05, 3.63) is 106 Å². The summed E-state index contributed by atoms with van der Waals surface area (Å²) in [4.78, 5) is 25.6. The lowest BCUT2D eigenvalue weighted by Gasteiger charge is -2.36. The SMILES string of the molecule is Clc1ccccc1.Clc1ccccc1.N#Cc1ccc(CC2OCCN(C(C(=O)O)C3CC3)C2=O)cc1. The van der Waals surface area contributed by atoms with Gasteiger partial charge in [0.25, 0.3) is 5.91 Å². The average Bonchev–Trinajstić information content (AvgIpc) is 3.73. The van der Waals surface area contributed by atoms with Crippen LogP contribution in [0.1, 0.15) is 24.0 Å². The van der Waals surface area contributed by atoms with Crippen LogP contribution in [0.4, 0.5) is 0 Å². The molecule has 5 rings (SSSR count). The van der Waals surface area contributed by atoms with Gasteiger partial charge in [0, 0.05) is 23.0 Å². The average molecular weight is 539 g/mol. The normalized spacial score (nSPS) is 17.3. The summed E-state index contributed by atoms with van der Waals surface area (Å²) in [6.07, 6.45) is 1.46. The van der Waals surface area contributed by atoms with E-state index in [1.165, 1.54) is 4.90 Å². The van der Waals surface area contributed by atoms with Gasteiger partial charge in [0.05, 0.1) is 18.2 Å². The molecule has 1 aliphatic carbocycles. The number of carbonyl (C=O) groups is 2. The van der Waals surface area contributed by atoms with E-state index in [0.717, 1.165) is 28.5 Å². The molecule has 1 amide bonds. The molecule has 0 spiro atoms. The molecule has 0 aromatic heterocycles. The molecular formula is C29H28Cl2N2O4. The van der Waals surface area contributed by atoms with Gasteiger partial charge >= 0.3 is 5.97 Å². The molecule has 3 aromatic rings. The zero-order chi connectivity index (χ0) is 26.6. The van der Waals surface area contributed by atoms with Gasteiger partial charge in [-0.15, -0.1) is 0 Å². The summed E-state index contributed by atoms with van der Waals surface area (Å²) in [6, 6.07) is 27.2. The van der Waals surface area contributed by atoms with E-state index in [1.807, 2.05) is 66.7 Å². The number of hydrogen-bond acceptors (Lipinski definition) is 4. The predicted octanol–water partition coefficient (Wildman–Crippen LogP) is 5.87. The molecule has 0 radical (unpaired) electrons. The quantitative estimate of drug-likeness (QED) is 0.438. The van der Waals surface area contributed by atoms with E-state index in [0.29, 0.717) is 25.1 Å². The minimum atomic E-state index is -0.931. The maximum Gasteiger partial charge on any atom is 0.326 e. The number of aliphatic carboxylic acids is 1. The summed E-state index contributed by atoms with van der Waals surface area (Å²) in [5.41, 5.74) is 1.45. The van der Waals surface area contributed by atoms with Gasteiger partial charge in [-0.1, -0.05) is 71.7 Å². The maximum absolute atomic E-state index is 12.6.